The van der Waals surface area contributed by atoms with E-state index in [9.17, 15) is 0 Å². The summed E-state index contributed by atoms with van der Waals surface area (Å²) in [4.78, 5) is 0. The molecule has 82 valence electrons. The van der Waals surface area contributed by atoms with Crippen molar-refractivity contribution in [3.05, 3.63) is 0 Å². The molecule has 0 amide bonds. The maximum absolute atomic E-state index is 5.94. The topological polar surface area (TPSA) is 21.3 Å². The van der Waals surface area contributed by atoms with Gasteiger partial charge in [0.1, 0.15) is 0 Å². The maximum Gasteiger partial charge on any atom is 0.0672 e. The summed E-state index contributed by atoms with van der Waals surface area (Å²) in [6.07, 6.45) is 5.89. The highest BCUT2D eigenvalue weighted by molar-refractivity contribution is 4.99. The molecule has 2 fully saturated rings. The van der Waals surface area contributed by atoms with Gasteiger partial charge in [-0.2, -0.15) is 0 Å². The third-order valence-corrected chi connectivity index (χ3v) is 3.98. The van der Waals surface area contributed by atoms with Gasteiger partial charge in [0.05, 0.1) is 6.10 Å². The molecule has 2 atom stereocenters. The maximum atomic E-state index is 5.94. The summed E-state index contributed by atoms with van der Waals surface area (Å²) in [7, 11) is 0. The summed E-state index contributed by atoms with van der Waals surface area (Å²) in [5.41, 5.74) is 0.456. The van der Waals surface area contributed by atoms with Crippen LogP contribution >= 0.6 is 0 Å². The van der Waals surface area contributed by atoms with Crippen LogP contribution in [0.2, 0.25) is 0 Å². The van der Waals surface area contributed by atoms with Crippen LogP contribution in [0.1, 0.15) is 39.5 Å². The number of rotatable bonds is 5. The van der Waals surface area contributed by atoms with Crippen molar-refractivity contribution >= 4 is 0 Å². The second kappa shape index (κ2) is 4.19. The molecule has 0 spiro atoms. The van der Waals surface area contributed by atoms with Gasteiger partial charge in [-0.3, -0.25) is 0 Å². The normalized spacial score (nSPS) is 37.7. The van der Waals surface area contributed by atoms with Gasteiger partial charge in [-0.15, -0.1) is 0 Å². The summed E-state index contributed by atoms with van der Waals surface area (Å²) in [6, 6.07) is 0. The van der Waals surface area contributed by atoms with Crippen LogP contribution in [-0.4, -0.2) is 25.8 Å². The molecule has 2 rings (SSSR count). The van der Waals surface area contributed by atoms with E-state index in [0.717, 1.165) is 25.6 Å². The number of hydrogen-bond donors (Lipinski definition) is 1. The van der Waals surface area contributed by atoms with Crippen LogP contribution in [0.15, 0.2) is 0 Å². The Morgan fingerprint density at radius 3 is 2.71 bits per heavy atom. The standard InChI is InChI=1S/C12H23NO/c1-3-12(9-13-4-2)7-8-14-11(12)10-5-6-10/h10-11,13H,3-9H2,1-2H3. The van der Waals surface area contributed by atoms with E-state index in [4.69, 9.17) is 4.74 Å². The van der Waals surface area contributed by atoms with Gasteiger partial charge in [0, 0.05) is 18.6 Å². The highest BCUT2D eigenvalue weighted by Gasteiger charge is 2.49. The largest absolute Gasteiger partial charge is 0.377 e. The smallest absolute Gasteiger partial charge is 0.0672 e. The van der Waals surface area contributed by atoms with Gasteiger partial charge in [0.25, 0.3) is 0 Å². The van der Waals surface area contributed by atoms with Crippen LogP contribution < -0.4 is 5.32 Å². The van der Waals surface area contributed by atoms with Crippen molar-refractivity contribution in [2.45, 2.75) is 45.6 Å². The second-order valence-corrected chi connectivity index (χ2v) is 4.88. The third kappa shape index (κ3) is 1.82. The minimum absolute atomic E-state index is 0.456. The molecule has 0 bridgehead atoms. The lowest BCUT2D eigenvalue weighted by molar-refractivity contribution is 0.0290. The first-order chi connectivity index (χ1) is 6.82. The van der Waals surface area contributed by atoms with E-state index in [-0.39, 0.29) is 0 Å². The summed E-state index contributed by atoms with van der Waals surface area (Å²) < 4.78 is 5.94. The molecular formula is C12H23NO. The predicted octanol–water partition coefficient (Wildman–Crippen LogP) is 2.19. The first-order valence-electron chi connectivity index (χ1n) is 6.14. The Morgan fingerprint density at radius 1 is 1.36 bits per heavy atom. The van der Waals surface area contributed by atoms with Crippen molar-refractivity contribution in [1.82, 2.24) is 5.32 Å². The number of nitrogens with one attached hydrogen (secondary N) is 1. The monoisotopic (exact) mass is 197 g/mol. The number of hydrogen-bond acceptors (Lipinski definition) is 2. The lowest BCUT2D eigenvalue weighted by Crippen LogP contribution is -2.41. The molecule has 1 aliphatic heterocycles. The average molecular weight is 197 g/mol. The molecule has 1 heterocycles. The molecular weight excluding hydrogens is 174 g/mol. The first-order valence-corrected chi connectivity index (χ1v) is 6.14. The Balaban J connectivity index is 1.99. The van der Waals surface area contributed by atoms with Crippen LogP contribution in [0.4, 0.5) is 0 Å². The molecule has 1 saturated carbocycles. The SMILES string of the molecule is CCNCC1(CC)CCOC1C1CC1. The van der Waals surface area contributed by atoms with Crippen molar-refractivity contribution in [2.24, 2.45) is 11.3 Å². The van der Waals surface area contributed by atoms with Crippen molar-refractivity contribution in [3.8, 4) is 0 Å². The summed E-state index contributed by atoms with van der Waals surface area (Å²) >= 11 is 0. The summed E-state index contributed by atoms with van der Waals surface area (Å²) in [5.74, 6) is 0.885. The van der Waals surface area contributed by atoms with Crippen molar-refractivity contribution in [3.63, 3.8) is 0 Å². The first kappa shape index (κ1) is 10.4. The molecule has 0 aromatic carbocycles. The molecule has 1 saturated heterocycles. The van der Waals surface area contributed by atoms with E-state index in [2.05, 4.69) is 19.2 Å². The Hall–Kier alpha value is -0.0800. The van der Waals surface area contributed by atoms with Crippen LogP contribution in [0.25, 0.3) is 0 Å². The number of ether oxygens (including phenoxy) is 1. The zero-order valence-electron chi connectivity index (χ0n) is 9.51. The zero-order chi connectivity index (χ0) is 10.0. The molecule has 14 heavy (non-hydrogen) atoms. The second-order valence-electron chi connectivity index (χ2n) is 4.88. The van der Waals surface area contributed by atoms with Gasteiger partial charge in [0.15, 0.2) is 0 Å². The minimum atomic E-state index is 0.456. The summed E-state index contributed by atoms with van der Waals surface area (Å²) in [6.45, 7) is 7.73. The zero-order valence-corrected chi connectivity index (χ0v) is 9.51. The highest BCUT2D eigenvalue weighted by atomic mass is 16.5. The van der Waals surface area contributed by atoms with Crippen molar-refractivity contribution in [1.29, 1.82) is 0 Å². The van der Waals surface area contributed by atoms with Crippen LogP contribution in [-0.2, 0) is 4.74 Å². The van der Waals surface area contributed by atoms with E-state index in [1.54, 1.807) is 0 Å². The highest BCUT2D eigenvalue weighted by Crippen LogP contribution is 2.49. The fourth-order valence-electron chi connectivity index (χ4n) is 2.81. The van der Waals surface area contributed by atoms with Crippen molar-refractivity contribution < 1.29 is 4.74 Å². The molecule has 1 N–H and O–H groups in total. The fraction of sp³-hybridized carbons (Fsp3) is 1.00. The van der Waals surface area contributed by atoms with Gasteiger partial charge in [0.2, 0.25) is 0 Å². The van der Waals surface area contributed by atoms with E-state index >= 15 is 0 Å². The third-order valence-electron chi connectivity index (χ3n) is 3.98. The minimum Gasteiger partial charge on any atom is -0.377 e. The van der Waals surface area contributed by atoms with Gasteiger partial charge < -0.3 is 10.1 Å². The quantitative estimate of drug-likeness (QED) is 0.729. The van der Waals surface area contributed by atoms with E-state index in [1.165, 1.54) is 25.7 Å². The van der Waals surface area contributed by atoms with Gasteiger partial charge in [-0.1, -0.05) is 13.8 Å². The fourth-order valence-corrected chi connectivity index (χ4v) is 2.81. The lowest BCUT2D eigenvalue weighted by atomic mass is 9.76. The molecule has 2 unspecified atom stereocenters. The Morgan fingerprint density at radius 2 is 2.14 bits per heavy atom. The lowest BCUT2D eigenvalue weighted by Gasteiger charge is -2.33. The molecule has 0 aromatic heterocycles. The predicted molar refractivity (Wildman–Crippen MR) is 58.3 cm³/mol. The molecule has 0 radical (unpaired) electrons. The van der Waals surface area contributed by atoms with Crippen LogP contribution in [0.5, 0.6) is 0 Å². The van der Waals surface area contributed by atoms with Gasteiger partial charge >= 0.3 is 0 Å². The summed E-state index contributed by atoms with van der Waals surface area (Å²) in [5, 5.41) is 3.51. The van der Waals surface area contributed by atoms with E-state index in [0.29, 0.717) is 11.5 Å². The van der Waals surface area contributed by atoms with E-state index < -0.39 is 0 Å². The Labute approximate surface area is 87.4 Å². The molecule has 2 nitrogen and oxygen atoms in total. The van der Waals surface area contributed by atoms with Crippen LogP contribution in [0, 0.1) is 11.3 Å². The molecule has 1 aliphatic carbocycles. The molecule has 0 aromatic rings. The molecule has 2 heteroatoms. The van der Waals surface area contributed by atoms with Gasteiger partial charge in [-0.05, 0) is 38.1 Å². The van der Waals surface area contributed by atoms with Gasteiger partial charge in [-0.25, -0.2) is 0 Å². The molecule has 2 aliphatic rings. The van der Waals surface area contributed by atoms with Crippen molar-refractivity contribution in [2.75, 3.05) is 19.7 Å². The average Bonchev–Trinajstić information content (AvgIpc) is 2.97. The van der Waals surface area contributed by atoms with E-state index in [1.807, 2.05) is 0 Å². The Bertz CT molecular complexity index is 191. The Kier molecular flexibility index (Phi) is 3.13. The van der Waals surface area contributed by atoms with Crippen LogP contribution in [0.3, 0.4) is 0 Å².